The first kappa shape index (κ1) is 17.4. The molecule has 0 radical (unpaired) electrons. The summed E-state index contributed by atoms with van der Waals surface area (Å²) >= 11 is 0. The normalized spacial score (nSPS) is 16.0. The molecular weight excluding hydrogens is 298 g/mol. The van der Waals surface area contributed by atoms with Gasteiger partial charge < -0.3 is 0 Å². The van der Waals surface area contributed by atoms with Crippen LogP contribution >= 0.6 is 0 Å². The summed E-state index contributed by atoms with van der Waals surface area (Å²) in [6, 6.07) is 8.56. The van der Waals surface area contributed by atoms with E-state index in [1.54, 1.807) is 0 Å². The number of fused-ring (bicyclic) bond motifs is 1. The molecule has 1 N–H and O–H groups in total. The molecule has 0 unspecified atom stereocenters. The zero-order chi connectivity index (χ0) is 16.0. The average molecular weight is 325 g/mol. The first-order valence-corrected chi connectivity index (χ1v) is 9.54. The van der Waals surface area contributed by atoms with Crippen LogP contribution in [-0.4, -0.2) is 50.3 Å². The van der Waals surface area contributed by atoms with Gasteiger partial charge in [0.1, 0.15) is 0 Å². The molecule has 1 aromatic carbocycles. The molecule has 1 heterocycles. The second kappa shape index (κ2) is 8.06. The van der Waals surface area contributed by atoms with E-state index in [-0.39, 0.29) is 0 Å². The molecule has 1 aliphatic rings. The largest absolute Gasteiger partial charge is 0.299 e. The van der Waals surface area contributed by atoms with E-state index in [9.17, 15) is 8.42 Å². The standard InChI is InChI=1S/C16H27N3O2S/c1-3-19(4-2)22(20,21)17-11-7-12-18-13-10-15-8-5-6-9-16(15)14-18/h5-6,8-9,17H,3-4,7,10-14H2,1-2H3. The summed E-state index contributed by atoms with van der Waals surface area (Å²) in [5.41, 5.74) is 2.85. The molecule has 0 bridgehead atoms. The van der Waals surface area contributed by atoms with E-state index >= 15 is 0 Å². The minimum Gasteiger partial charge on any atom is -0.299 e. The first-order valence-electron chi connectivity index (χ1n) is 8.10. The first-order chi connectivity index (χ1) is 10.6. The average Bonchev–Trinajstić information content (AvgIpc) is 2.52. The Morgan fingerprint density at radius 3 is 2.55 bits per heavy atom. The van der Waals surface area contributed by atoms with E-state index in [1.807, 2.05) is 13.8 Å². The van der Waals surface area contributed by atoms with Gasteiger partial charge in [-0.1, -0.05) is 38.1 Å². The predicted octanol–water partition coefficient (Wildman–Crippen LogP) is 1.61. The molecule has 22 heavy (non-hydrogen) atoms. The van der Waals surface area contributed by atoms with Gasteiger partial charge in [0, 0.05) is 32.7 Å². The minimum atomic E-state index is -3.31. The van der Waals surface area contributed by atoms with Crippen molar-refractivity contribution in [3.05, 3.63) is 35.4 Å². The summed E-state index contributed by atoms with van der Waals surface area (Å²) < 4.78 is 28.2. The van der Waals surface area contributed by atoms with Gasteiger partial charge in [-0.25, -0.2) is 4.72 Å². The third-order valence-corrected chi connectivity index (χ3v) is 5.96. The Bertz CT molecular complexity index is 571. The quantitative estimate of drug-likeness (QED) is 0.739. The van der Waals surface area contributed by atoms with Crippen molar-refractivity contribution in [2.45, 2.75) is 33.2 Å². The van der Waals surface area contributed by atoms with E-state index < -0.39 is 10.2 Å². The predicted molar refractivity (Wildman–Crippen MR) is 89.9 cm³/mol. The Labute approximate surface area is 134 Å². The molecule has 0 aliphatic carbocycles. The summed E-state index contributed by atoms with van der Waals surface area (Å²) in [7, 11) is -3.31. The molecular formula is C16H27N3O2S. The fourth-order valence-corrected chi connectivity index (χ4v) is 4.17. The van der Waals surface area contributed by atoms with Crippen molar-refractivity contribution in [3.8, 4) is 0 Å². The van der Waals surface area contributed by atoms with Crippen molar-refractivity contribution in [1.82, 2.24) is 13.9 Å². The lowest BCUT2D eigenvalue weighted by Gasteiger charge is -2.28. The van der Waals surface area contributed by atoms with Crippen LogP contribution in [0.4, 0.5) is 0 Å². The van der Waals surface area contributed by atoms with Gasteiger partial charge >= 0.3 is 0 Å². The lowest BCUT2D eigenvalue weighted by molar-refractivity contribution is 0.251. The fraction of sp³-hybridized carbons (Fsp3) is 0.625. The van der Waals surface area contributed by atoms with Crippen molar-refractivity contribution in [1.29, 1.82) is 0 Å². The highest BCUT2D eigenvalue weighted by Crippen LogP contribution is 2.18. The molecule has 2 rings (SSSR count). The van der Waals surface area contributed by atoms with Crippen LogP contribution in [0.25, 0.3) is 0 Å². The summed E-state index contributed by atoms with van der Waals surface area (Å²) in [5, 5.41) is 0. The number of nitrogens with one attached hydrogen (secondary N) is 1. The second-order valence-corrected chi connectivity index (χ2v) is 7.39. The van der Waals surface area contributed by atoms with Crippen LogP contribution in [0.5, 0.6) is 0 Å². The molecule has 1 aliphatic heterocycles. The van der Waals surface area contributed by atoms with Crippen LogP contribution in [-0.2, 0) is 23.2 Å². The van der Waals surface area contributed by atoms with Crippen molar-refractivity contribution in [2.24, 2.45) is 0 Å². The summed E-state index contributed by atoms with van der Waals surface area (Å²) in [4.78, 5) is 2.40. The third-order valence-electron chi connectivity index (χ3n) is 4.19. The molecule has 124 valence electrons. The van der Waals surface area contributed by atoms with E-state index in [1.165, 1.54) is 15.4 Å². The molecule has 0 saturated carbocycles. The molecule has 0 atom stereocenters. The van der Waals surface area contributed by atoms with E-state index in [0.29, 0.717) is 19.6 Å². The van der Waals surface area contributed by atoms with Crippen LogP contribution in [0.2, 0.25) is 0 Å². The Kier molecular flexibility index (Phi) is 6.37. The van der Waals surface area contributed by atoms with Crippen LogP contribution in [0, 0.1) is 0 Å². The smallest absolute Gasteiger partial charge is 0.279 e. The Morgan fingerprint density at radius 2 is 1.86 bits per heavy atom. The van der Waals surface area contributed by atoms with Gasteiger partial charge in [0.05, 0.1) is 0 Å². The highest BCUT2D eigenvalue weighted by atomic mass is 32.2. The van der Waals surface area contributed by atoms with Crippen LogP contribution in [0.15, 0.2) is 24.3 Å². The lowest BCUT2D eigenvalue weighted by atomic mass is 10.00. The van der Waals surface area contributed by atoms with Gasteiger partial charge in [-0.05, 0) is 30.5 Å². The summed E-state index contributed by atoms with van der Waals surface area (Å²) in [5.74, 6) is 0. The minimum absolute atomic E-state index is 0.497. The third kappa shape index (κ3) is 4.52. The maximum atomic E-state index is 12.0. The SMILES string of the molecule is CCN(CC)S(=O)(=O)NCCCN1CCc2ccccc2C1. The van der Waals surface area contributed by atoms with E-state index in [0.717, 1.165) is 32.5 Å². The van der Waals surface area contributed by atoms with Gasteiger partial charge in [-0.3, -0.25) is 4.90 Å². The second-order valence-electron chi connectivity index (χ2n) is 5.63. The molecule has 0 saturated heterocycles. The maximum absolute atomic E-state index is 12.0. The molecule has 0 amide bonds. The van der Waals surface area contributed by atoms with Crippen molar-refractivity contribution < 1.29 is 8.42 Å². The van der Waals surface area contributed by atoms with Gasteiger partial charge in [-0.15, -0.1) is 0 Å². The molecule has 5 nitrogen and oxygen atoms in total. The van der Waals surface area contributed by atoms with Crippen LogP contribution < -0.4 is 4.72 Å². The number of nitrogens with zero attached hydrogens (tertiary/aromatic N) is 2. The molecule has 0 fully saturated rings. The fourth-order valence-electron chi connectivity index (χ4n) is 2.90. The Balaban J connectivity index is 1.74. The zero-order valence-corrected chi connectivity index (χ0v) is 14.4. The Morgan fingerprint density at radius 1 is 1.18 bits per heavy atom. The maximum Gasteiger partial charge on any atom is 0.279 e. The van der Waals surface area contributed by atoms with Crippen molar-refractivity contribution in [3.63, 3.8) is 0 Å². The van der Waals surface area contributed by atoms with E-state index in [2.05, 4.69) is 33.9 Å². The monoisotopic (exact) mass is 325 g/mol. The lowest BCUT2D eigenvalue weighted by Crippen LogP contribution is -2.41. The number of rotatable bonds is 8. The number of hydrogen-bond acceptors (Lipinski definition) is 3. The molecule has 6 heteroatoms. The summed E-state index contributed by atoms with van der Waals surface area (Å²) in [6.07, 6.45) is 1.92. The van der Waals surface area contributed by atoms with Crippen LogP contribution in [0.1, 0.15) is 31.4 Å². The molecule has 0 spiro atoms. The summed E-state index contributed by atoms with van der Waals surface area (Å²) in [6.45, 7) is 8.18. The number of benzene rings is 1. The van der Waals surface area contributed by atoms with Crippen molar-refractivity contribution >= 4 is 10.2 Å². The molecule has 1 aromatic rings. The highest BCUT2D eigenvalue weighted by molar-refractivity contribution is 7.87. The highest BCUT2D eigenvalue weighted by Gasteiger charge is 2.18. The topological polar surface area (TPSA) is 52.7 Å². The zero-order valence-electron chi connectivity index (χ0n) is 13.6. The number of hydrogen-bond donors (Lipinski definition) is 1. The van der Waals surface area contributed by atoms with Crippen LogP contribution in [0.3, 0.4) is 0 Å². The van der Waals surface area contributed by atoms with Gasteiger partial charge in [0.25, 0.3) is 10.2 Å². The van der Waals surface area contributed by atoms with Gasteiger partial charge in [-0.2, -0.15) is 12.7 Å². The molecule has 0 aromatic heterocycles. The van der Waals surface area contributed by atoms with E-state index in [4.69, 9.17) is 0 Å². The van der Waals surface area contributed by atoms with Gasteiger partial charge in [0.15, 0.2) is 0 Å². The van der Waals surface area contributed by atoms with Gasteiger partial charge in [0.2, 0.25) is 0 Å². The van der Waals surface area contributed by atoms with Crippen molar-refractivity contribution in [2.75, 3.05) is 32.7 Å². The Hall–Kier alpha value is -0.950.